The molecule has 1 aromatic heterocycles. The van der Waals surface area contributed by atoms with Crippen molar-refractivity contribution in [3.8, 4) is 5.75 Å². The van der Waals surface area contributed by atoms with Crippen molar-refractivity contribution in [1.29, 1.82) is 0 Å². The molecule has 0 saturated carbocycles. The normalized spacial score (nSPS) is 18.9. The number of nitrogens with one attached hydrogen (secondary N) is 1. The molecule has 20 heavy (non-hydrogen) atoms. The second kappa shape index (κ2) is 6.24. The molecule has 1 N–H and O–H groups in total. The van der Waals surface area contributed by atoms with Gasteiger partial charge in [0.2, 0.25) is 0 Å². The van der Waals surface area contributed by atoms with E-state index < -0.39 is 0 Å². The van der Waals surface area contributed by atoms with Crippen molar-refractivity contribution in [2.24, 2.45) is 0 Å². The fourth-order valence-electron chi connectivity index (χ4n) is 2.24. The van der Waals surface area contributed by atoms with Crippen molar-refractivity contribution < 1.29 is 9.26 Å². The second-order valence-electron chi connectivity index (χ2n) is 4.83. The standard InChI is InChI=1S/C14H16ClN3O2/c15-11-3-5-12(6-4-11)19-9-13-17-14(18-20-13)10-2-1-7-16-8-10/h3-6,10,16H,1-2,7-9H2. The molecule has 6 heteroatoms. The molecule has 1 aromatic carbocycles. The van der Waals surface area contributed by atoms with Gasteiger partial charge in [0, 0.05) is 17.5 Å². The number of benzene rings is 1. The molecule has 1 atom stereocenters. The molecule has 3 rings (SSSR count). The van der Waals surface area contributed by atoms with E-state index in [0.717, 1.165) is 37.5 Å². The summed E-state index contributed by atoms with van der Waals surface area (Å²) in [6.45, 7) is 2.26. The molecular formula is C14H16ClN3O2. The third-order valence-corrected chi connectivity index (χ3v) is 3.57. The van der Waals surface area contributed by atoms with Crippen molar-refractivity contribution in [2.45, 2.75) is 25.4 Å². The summed E-state index contributed by atoms with van der Waals surface area (Å²) >= 11 is 5.82. The Labute approximate surface area is 122 Å². The highest BCUT2D eigenvalue weighted by atomic mass is 35.5. The molecule has 0 spiro atoms. The van der Waals surface area contributed by atoms with E-state index in [9.17, 15) is 0 Å². The first-order valence-electron chi connectivity index (χ1n) is 6.73. The van der Waals surface area contributed by atoms with Crippen molar-refractivity contribution in [1.82, 2.24) is 15.5 Å². The number of piperidine rings is 1. The Bertz CT molecular complexity index is 550. The molecule has 0 amide bonds. The lowest BCUT2D eigenvalue weighted by molar-refractivity contribution is 0.242. The molecule has 1 aliphatic rings. The molecule has 1 unspecified atom stereocenters. The Morgan fingerprint density at radius 2 is 2.20 bits per heavy atom. The van der Waals surface area contributed by atoms with Crippen LogP contribution in [-0.4, -0.2) is 23.2 Å². The summed E-state index contributed by atoms with van der Waals surface area (Å²) in [4.78, 5) is 4.40. The van der Waals surface area contributed by atoms with E-state index in [1.807, 2.05) is 12.1 Å². The third-order valence-electron chi connectivity index (χ3n) is 3.32. The first kappa shape index (κ1) is 13.4. The SMILES string of the molecule is Clc1ccc(OCc2nc(C3CCCNC3)no2)cc1. The van der Waals surface area contributed by atoms with Crippen LogP contribution in [0, 0.1) is 0 Å². The van der Waals surface area contributed by atoms with Crippen LogP contribution < -0.4 is 10.1 Å². The number of hydrogen-bond acceptors (Lipinski definition) is 5. The molecule has 0 radical (unpaired) electrons. The fraction of sp³-hybridized carbons (Fsp3) is 0.429. The summed E-state index contributed by atoms with van der Waals surface area (Å²) in [5.41, 5.74) is 0. The van der Waals surface area contributed by atoms with Crippen molar-refractivity contribution in [3.05, 3.63) is 41.0 Å². The van der Waals surface area contributed by atoms with Crippen molar-refractivity contribution >= 4 is 11.6 Å². The van der Waals surface area contributed by atoms with Crippen LogP contribution in [-0.2, 0) is 6.61 Å². The summed E-state index contributed by atoms with van der Waals surface area (Å²) < 4.78 is 10.8. The molecule has 0 aliphatic carbocycles. The second-order valence-corrected chi connectivity index (χ2v) is 5.27. The molecule has 2 aromatic rings. The van der Waals surface area contributed by atoms with Gasteiger partial charge in [0.1, 0.15) is 5.75 Å². The van der Waals surface area contributed by atoms with Gasteiger partial charge in [-0.25, -0.2) is 0 Å². The Morgan fingerprint density at radius 1 is 1.35 bits per heavy atom. The zero-order valence-electron chi connectivity index (χ0n) is 11.0. The van der Waals surface area contributed by atoms with Crippen LogP contribution in [0.25, 0.3) is 0 Å². The number of nitrogens with zero attached hydrogens (tertiary/aromatic N) is 2. The van der Waals surface area contributed by atoms with Gasteiger partial charge in [0.15, 0.2) is 12.4 Å². The number of hydrogen-bond donors (Lipinski definition) is 1. The van der Waals surface area contributed by atoms with Crippen LogP contribution in [0.15, 0.2) is 28.8 Å². The zero-order chi connectivity index (χ0) is 13.8. The number of ether oxygens (including phenoxy) is 1. The van der Waals surface area contributed by atoms with Gasteiger partial charge < -0.3 is 14.6 Å². The third kappa shape index (κ3) is 3.29. The van der Waals surface area contributed by atoms with Gasteiger partial charge >= 0.3 is 0 Å². The predicted molar refractivity (Wildman–Crippen MR) is 74.9 cm³/mol. The molecule has 106 valence electrons. The molecule has 5 nitrogen and oxygen atoms in total. The highest BCUT2D eigenvalue weighted by molar-refractivity contribution is 6.30. The maximum Gasteiger partial charge on any atom is 0.264 e. The van der Waals surface area contributed by atoms with Gasteiger partial charge in [-0.2, -0.15) is 4.98 Å². The minimum atomic E-state index is 0.273. The van der Waals surface area contributed by atoms with Gasteiger partial charge in [-0.15, -0.1) is 0 Å². The zero-order valence-corrected chi connectivity index (χ0v) is 11.8. The lowest BCUT2D eigenvalue weighted by atomic mass is 9.99. The van der Waals surface area contributed by atoms with Crippen molar-refractivity contribution in [3.63, 3.8) is 0 Å². The summed E-state index contributed by atoms with van der Waals surface area (Å²) in [5.74, 6) is 2.35. The van der Waals surface area contributed by atoms with E-state index in [-0.39, 0.29) is 6.61 Å². The smallest absolute Gasteiger partial charge is 0.264 e. The first-order chi connectivity index (χ1) is 9.81. The van der Waals surface area contributed by atoms with Gasteiger partial charge in [0.05, 0.1) is 0 Å². The van der Waals surface area contributed by atoms with Crippen LogP contribution in [0.3, 0.4) is 0 Å². The summed E-state index contributed by atoms with van der Waals surface area (Å²) in [7, 11) is 0. The quantitative estimate of drug-likeness (QED) is 0.939. The highest BCUT2D eigenvalue weighted by Gasteiger charge is 2.20. The predicted octanol–water partition coefficient (Wildman–Crippen LogP) is 2.77. The van der Waals surface area contributed by atoms with E-state index in [1.54, 1.807) is 12.1 Å². The molecule has 0 bridgehead atoms. The maximum atomic E-state index is 5.82. The van der Waals surface area contributed by atoms with Crippen LogP contribution in [0.5, 0.6) is 5.75 Å². The molecular weight excluding hydrogens is 278 g/mol. The van der Waals surface area contributed by atoms with E-state index in [0.29, 0.717) is 16.8 Å². The van der Waals surface area contributed by atoms with E-state index in [2.05, 4.69) is 15.5 Å². The van der Waals surface area contributed by atoms with Crippen LogP contribution in [0.2, 0.25) is 5.02 Å². The summed E-state index contributed by atoms with van der Waals surface area (Å²) in [5, 5.41) is 8.06. The Balaban J connectivity index is 1.58. The summed E-state index contributed by atoms with van der Waals surface area (Å²) in [6, 6.07) is 7.18. The molecule has 1 aliphatic heterocycles. The first-order valence-corrected chi connectivity index (χ1v) is 7.10. The average molecular weight is 294 g/mol. The van der Waals surface area contributed by atoms with Gasteiger partial charge in [-0.3, -0.25) is 0 Å². The van der Waals surface area contributed by atoms with Crippen molar-refractivity contribution in [2.75, 3.05) is 13.1 Å². The minimum Gasteiger partial charge on any atom is -0.484 e. The molecule has 1 saturated heterocycles. The Morgan fingerprint density at radius 3 is 2.95 bits per heavy atom. The van der Waals surface area contributed by atoms with Gasteiger partial charge in [0.25, 0.3) is 5.89 Å². The monoisotopic (exact) mass is 293 g/mol. The molecule has 2 heterocycles. The van der Waals surface area contributed by atoms with Crippen LogP contribution in [0.4, 0.5) is 0 Å². The number of halogens is 1. The average Bonchev–Trinajstić information content (AvgIpc) is 2.97. The minimum absolute atomic E-state index is 0.273. The van der Waals surface area contributed by atoms with Gasteiger partial charge in [-0.1, -0.05) is 16.8 Å². The maximum absolute atomic E-state index is 5.82. The number of aromatic nitrogens is 2. The van der Waals surface area contributed by atoms with Crippen LogP contribution in [0.1, 0.15) is 30.5 Å². The summed E-state index contributed by atoms with van der Waals surface area (Å²) in [6.07, 6.45) is 2.25. The Kier molecular flexibility index (Phi) is 4.18. The van der Waals surface area contributed by atoms with E-state index >= 15 is 0 Å². The van der Waals surface area contributed by atoms with Crippen LogP contribution >= 0.6 is 11.6 Å². The lowest BCUT2D eigenvalue weighted by Crippen LogP contribution is -2.28. The Hall–Kier alpha value is -1.59. The number of rotatable bonds is 4. The van der Waals surface area contributed by atoms with E-state index in [1.165, 1.54) is 0 Å². The fourth-order valence-corrected chi connectivity index (χ4v) is 2.37. The largest absolute Gasteiger partial charge is 0.484 e. The lowest BCUT2D eigenvalue weighted by Gasteiger charge is -2.19. The molecule has 1 fully saturated rings. The van der Waals surface area contributed by atoms with Gasteiger partial charge in [-0.05, 0) is 43.7 Å². The van der Waals surface area contributed by atoms with E-state index in [4.69, 9.17) is 20.9 Å². The highest BCUT2D eigenvalue weighted by Crippen LogP contribution is 2.21. The topological polar surface area (TPSA) is 60.2 Å².